The highest BCUT2D eigenvalue weighted by Crippen LogP contribution is 2.35. The van der Waals surface area contributed by atoms with Gasteiger partial charge in [0.25, 0.3) is 0 Å². The van der Waals surface area contributed by atoms with E-state index in [1.165, 1.54) is 30.5 Å². The van der Waals surface area contributed by atoms with Crippen molar-refractivity contribution in [2.75, 3.05) is 17.2 Å². The molecule has 1 aliphatic rings. The highest BCUT2D eigenvalue weighted by Gasteiger charge is 2.21. The molecule has 0 radical (unpaired) electrons. The van der Waals surface area contributed by atoms with Crippen LogP contribution in [0.1, 0.15) is 47.8 Å². The van der Waals surface area contributed by atoms with Crippen LogP contribution in [-0.2, 0) is 0 Å². The summed E-state index contributed by atoms with van der Waals surface area (Å²) in [6.45, 7) is 0.769. The second kappa shape index (κ2) is 9.04. The Bertz CT molecular complexity index is 997. The molecule has 3 aromatic rings. The lowest BCUT2D eigenvalue weighted by molar-refractivity contribution is 0.0991. The number of carbonyl (C=O) groups is 1. The Morgan fingerprint density at radius 1 is 1.07 bits per heavy atom. The zero-order valence-corrected chi connectivity index (χ0v) is 16.5. The van der Waals surface area contributed by atoms with Crippen LogP contribution < -0.4 is 16.4 Å². The summed E-state index contributed by atoms with van der Waals surface area (Å²) in [6.07, 6.45) is 4.63. The van der Waals surface area contributed by atoms with Crippen molar-refractivity contribution in [3.8, 4) is 0 Å². The molecule has 1 fully saturated rings. The third-order valence-corrected chi connectivity index (χ3v) is 5.55. The van der Waals surface area contributed by atoms with Crippen molar-refractivity contribution >= 4 is 23.3 Å². The summed E-state index contributed by atoms with van der Waals surface area (Å²) in [4.78, 5) is 12.4. The smallest absolute Gasteiger partial charge is 0.320 e. The predicted octanol–water partition coefficient (Wildman–Crippen LogP) is 4.44. The highest BCUT2D eigenvalue weighted by molar-refractivity contribution is 6.00. The molecule has 0 bridgehead atoms. The van der Waals surface area contributed by atoms with Gasteiger partial charge in [0.15, 0.2) is 0 Å². The molecule has 0 aliphatic heterocycles. The molecular formula is C22H24FN5O2. The number of para-hydroxylation sites is 1. The molecule has 2 aromatic carbocycles. The minimum atomic E-state index is -0.528. The molecule has 0 saturated heterocycles. The van der Waals surface area contributed by atoms with E-state index in [0.717, 1.165) is 19.4 Å². The van der Waals surface area contributed by atoms with E-state index < -0.39 is 11.7 Å². The topological polar surface area (TPSA) is 106 Å². The Morgan fingerprint density at radius 2 is 1.80 bits per heavy atom. The lowest BCUT2D eigenvalue weighted by Crippen LogP contribution is -2.20. The van der Waals surface area contributed by atoms with E-state index in [2.05, 4.69) is 20.8 Å². The third-order valence-electron chi connectivity index (χ3n) is 5.55. The number of carbonyl (C=O) groups excluding carboxylic acids is 1. The molecule has 30 heavy (non-hydrogen) atoms. The summed E-state index contributed by atoms with van der Waals surface area (Å²) in [5, 5.41) is 12.9. The first-order chi connectivity index (χ1) is 14.6. The molecule has 1 saturated carbocycles. The fourth-order valence-electron chi connectivity index (χ4n) is 3.80. The molecule has 1 heterocycles. The van der Waals surface area contributed by atoms with Gasteiger partial charge in [-0.15, -0.1) is 5.10 Å². The third kappa shape index (κ3) is 4.65. The first-order valence-electron chi connectivity index (χ1n) is 10.1. The molecule has 1 amide bonds. The van der Waals surface area contributed by atoms with E-state index in [0.29, 0.717) is 17.5 Å². The van der Waals surface area contributed by atoms with Crippen molar-refractivity contribution in [2.24, 2.45) is 11.7 Å². The molecular weight excluding hydrogens is 385 g/mol. The second-order valence-electron chi connectivity index (χ2n) is 7.55. The number of anilines is 3. The van der Waals surface area contributed by atoms with E-state index in [1.807, 2.05) is 24.3 Å². The quantitative estimate of drug-likeness (QED) is 0.556. The first kappa shape index (κ1) is 20.0. The molecule has 1 aliphatic carbocycles. The van der Waals surface area contributed by atoms with Gasteiger partial charge in [0, 0.05) is 5.69 Å². The summed E-state index contributed by atoms with van der Waals surface area (Å²) in [5.74, 6) is -0.0101. The Balaban J connectivity index is 1.35. The molecule has 7 nitrogen and oxygen atoms in total. The first-order valence-corrected chi connectivity index (χ1v) is 10.1. The van der Waals surface area contributed by atoms with Gasteiger partial charge in [0.1, 0.15) is 5.82 Å². The number of benzene rings is 2. The van der Waals surface area contributed by atoms with Crippen molar-refractivity contribution in [2.45, 2.75) is 31.6 Å². The van der Waals surface area contributed by atoms with Crippen LogP contribution in [-0.4, -0.2) is 22.6 Å². The molecule has 4 rings (SSSR count). The number of nitrogens with two attached hydrogens (primary N) is 1. The summed E-state index contributed by atoms with van der Waals surface area (Å²) in [7, 11) is 0. The predicted molar refractivity (Wildman–Crippen MR) is 112 cm³/mol. The van der Waals surface area contributed by atoms with Crippen LogP contribution in [0.15, 0.2) is 52.9 Å². The monoisotopic (exact) mass is 409 g/mol. The summed E-state index contributed by atoms with van der Waals surface area (Å²) in [5.41, 5.74) is 7.87. The summed E-state index contributed by atoms with van der Waals surface area (Å²) < 4.78 is 19.0. The summed E-state index contributed by atoms with van der Waals surface area (Å²) in [6, 6.07) is 13.8. The van der Waals surface area contributed by atoms with E-state index in [1.54, 1.807) is 12.1 Å². The Labute approximate surface area is 173 Å². The van der Waals surface area contributed by atoms with Crippen molar-refractivity contribution in [1.29, 1.82) is 0 Å². The molecule has 8 heteroatoms. The van der Waals surface area contributed by atoms with E-state index in [9.17, 15) is 9.18 Å². The molecule has 156 valence electrons. The average molecular weight is 409 g/mol. The molecule has 4 N–H and O–H groups in total. The Hall–Kier alpha value is -3.26. The van der Waals surface area contributed by atoms with Crippen molar-refractivity contribution in [1.82, 2.24) is 10.2 Å². The summed E-state index contributed by atoms with van der Waals surface area (Å²) >= 11 is 0. The van der Waals surface area contributed by atoms with E-state index >= 15 is 0 Å². The van der Waals surface area contributed by atoms with Gasteiger partial charge in [-0.25, -0.2) is 4.39 Å². The second-order valence-corrected chi connectivity index (χ2v) is 7.55. The molecule has 1 aromatic heterocycles. The van der Waals surface area contributed by atoms with Crippen LogP contribution >= 0.6 is 0 Å². The van der Waals surface area contributed by atoms with Crippen LogP contribution in [0, 0.1) is 11.7 Å². The fraction of sp³-hybridized carbons (Fsp3) is 0.318. The van der Waals surface area contributed by atoms with Gasteiger partial charge in [-0.05, 0) is 73.9 Å². The number of hydrogen-bond acceptors (Lipinski definition) is 6. The van der Waals surface area contributed by atoms with Gasteiger partial charge in [0.2, 0.25) is 0 Å². The molecule has 0 spiro atoms. The van der Waals surface area contributed by atoms with Crippen LogP contribution in [0.25, 0.3) is 0 Å². The number of rotatable bonds is 6. The van der Waals surface area contributed by atoms with Crippen LogP contribution in [0.4, 0.5) is 21.8 Å². The SMILES string of the molecule is NCC1CCC(c2ccc(NC(=O)c3nnc(Nc4ccccc4F)o3)cc2)CC1. The number of aromatic nitrogens is 2. The number of amides is 1. The molecule has 0 unspecified atom stereocenters. The standard InChI is InChI=1S/C22H24FN5O2/c23-18-3-1-2-4-19(18)26-22-28-27-21(30-22)20(29)25-17-11-9-16(10-12-17)15-7-5-14(13-24)6-8-15/h1-4,9-12,14-15H,5-8,13,24H2,(H,25,29)(H,26,28). The van der Waals surface area contributed by atoms with Gasteiger partial charge in [-0.1, -0.05) is 29.4 Å². The van der Waals surface area contributed by atoms with Gasteiger partial charge >= 0.3 is 17.8 Å². The zero-order valence-electron chi connectivity index (χ0n) is 16.5. The van der Waals surface area contributed by atoms with E-state index in [4.69, 9.17) is 10.2 Å². The van der Waals surface area contributed by atoms with Gasteiger partial charge in [-0.2, -0.15) is 0 Å². The lowest BCUT2D eigenvalue weighted by atomic mass is 9.79. The van der Waals surface area contributed by atoms with Crippen LogP contribution in [0.3, 0.4) is 0 Å². The normalized spacial score (nSPS) is 18.7. The van der Waals surface area contributed by atoms with Crippen LogP contribution in [0.5, 0.6) is 0 Å². The van der Waals surface area contributed by atoms with Crippen molar-refractivity contribution in [3.63, 3.8) is 0 Å². The van der Waals surface area contributed by atoms with Gasteiger partial charge in [0.05, 0.1) is 5.69 Å². The lowest BCUT2D eigenvalue weighted by Gasteiger charge is -2.28. The Morgan fingerprint density at radius 3 is 2.50 bits per heavy atom. The minimum Gasteiger partial charge on any atom is -0.399 e. The highest BCUT2D eigenvalue weighted by atomic mass is 19.1. The fourth-order valence-corrected chi connectivity index (χ4v) is 3.80. The maximum atomic E-state index is 13.7. The maximum Gasteiger partial charge on any atom is 0.320 e. The zero-order chi connectivity index (χ0) is 20.9. The number of hydrogen-bond donors (Lipinski definition) is 3. The molecule has 0 atom stereocenters. The van der Waals surface area contributed by atoms with E-state index in [-0.39, 0.29) is 17.6 Å². The number of nitrogens with one attached hydrogen (secondary N) is 2. The number of halogens is 1. The van der Waals surface area contributed by atoms with Gasteiger partial charge < -0.3 is 20.8 Å². The minimum absolute atomic E-state index is 0.0614. The Kier molecular flexibility index (Phi) is 6.04. The maximum absolute atomic E-state index is 13.7. The van der Waals surface area contributed by atoms with Gasteiger partial charge in [-0.3, -0.25) is 4.79 Å². The largest absolute Gasteiger partial charge is 0.399 e. The van der Waals surface area contributed by atoms with Crippen molar-refractivity contribution < 1.29 is 13.6 Å². The van der Waals surface area contributed by atoms with Crippen molar-refractivity contribution in [3.05, 3.63) is 65.8 Å². The van der Waals surface area contributed by atoms with Crippen LogP contribution in [0.2, 0.25) is 0 Å². The number of nitrogens with zero attached hydrogens (tertiary/aromatic N) is 2. The average Bonchev–Trinajstić information content (AvgIpc) is 3.25.